The van der Waals surface area contributed by atoms with E-state index in [4.69, 9.17) is 0 Å². The largest absolute Gasteiger partial charge is 0.311 e. The van der Waals surface area contributed by atoms with E-state index in [9.17, 15) is 9.65 Å². The van der Waals surface area contributed by atoms with Crippen molar-refractivity contribution in [3.63, 3.8) is 0 Å². The Morgan fingerprint density at radius 2 is 1.74 bits per heavy atom. The van der Waals surface area contributed by atoms with E-state index in [1.807, 2.05) is 6.07 Å². The van der Waals surface area contributed by atoms with Crippen molar-refractivity contribution < 1.29 is 4.39 Å². The summed E-state index contributed by atoms with van der Waals surface area (Å²) in [4.78, 5) is 0. The first-order valence-corrected chi connectivity index (χ1v) is 7.16. The van der Waals surface area contributed by atoms with Gasteiger partial charge in [0.05, 0.1) is 11.5 Å². The van der Waals surface area contributed by atoms with Crippen LogP contribution in [0.3, 0.4) is 0 Å². The first-order valence-electron chi connectivity index (χ1n) is 7.16. The lowest BCUT2D eigenvalue weighted by Gasteiger charge is -2.36. The van der Waals surface area contributed by atoms with E-state index < -0.39 is 5.41 Å². The van der Waals surface area contributed by atoms with Crippen LogP contribution < -0.4 is 5.32 Å². The summed E-state index contributed by atoms with van der Waals surface area (Å²) in [6.45, 7) is 0. The summed E-state index contributed by atoms with van der Waals surface area (Å²) in [6.07, 6.45) is 6.03. The fourth-order valence-electron chi connectivity index (χ4n) is 3.15. The normalized spacial score (nSPS) is 30.8. The monoisotopic (exact) mass is 258 g/mol. The molecule has 2 aliphatic rings. The zero-order valence-electron chi connectivity index (χ0n) is 11.0. The molecule has 0 radical (unpaired) electrons. The van der Waals surface area contributed by atoms with E-state index in [1.54, 1.807) is 12.1 Å². The van der Waals surface area contributed by atoms with Crippen molar-refractivity contribution in [2.24, 2.45) is 0 Å². The molecule has 3 rings (SSSR count). The molecule has 0 aliphatic heterocycles. The van der Waals surface area contributed by atoms with Gasteiger partial charge in [0.15, 0.2) is 0 Å². The standard InChI is InChI=1S/C16H19FN2/c17-15-4-2-1-3-14(15)16(11-18)9-7-13(8-10-16)19-12-5-6-12/h1-4,12-13,19H,5-10H2/t13-,16-. The Balaban J connectivity index is 1.75. The molecule has 2 nitrogen and oxygen atoms in total. The molecule has 0 bridgehead atoms. The fraction of sp³-hybridized carbons (Fsp3) is 0.562. The summed E-state index contributed by atoms with van der Waals surface area (Å²) in [5.74, 6) is -0.238. The van der Waals surface area contributed by atoms with Crippen LogP contribution in [0.2, 0.25) is 0 Å². The number of benzene rings is 1. The van der Waals surface area contributed by atoms with Crippen LogP contribution in [0.4, 0.5) is 4.39 Å². The van der Waals surface area contributed by atoms with Crippen molar-refractivity contribution >= 4 is 0 Å². The number of nitrogens with zero attached hydrogens (tertiary/aromatic N) is 1. The molecule has 100 valence electrons. The third kappa shape index (κ3) is 2.50. The average molecular weight is 258 g/mol. The lowest BCUT2D eigenvalue weighted by molar-refractivity contribution is 0.288. The predicted molar refractivity (Wildman–Crippen MR) is 72.1 cm³/mol. The van der Waals surface area contributed by atoms with Gasteiger partial charge in [-0.05, 0) is 44.6 Å². The third-order valence-corrected chi connectivity index (χ3v) is 4.49. The highest BCUT2D eigenvalue weighted by Crippen LogP contribution is 2.40. The quantitative estimate of drug-likeness (QED) is 0.903. The molecule has 0 aromatic heterocycles. The van der Waals surface area contributed by atoms with Crippen LogP contribution in [0.25, 0.3) is 0 Å². The number of hydrogen-bond donors (Lipinski definition) is 1. The highest BCUT2D eigenvalue weighted by molar-refractivity contribution is 5.34. The maximum atomic E-state index is 14.0. The molecule has 19 heavy (non-hydrogen) atoms. The summed E-state index contributed by atoms with van der Waals surface area (Å²) in [5, 5.41) is 13.2. The van der Waals surface area contributed by atoms with Gasteiger partial charge in [-0.1, -0.05) is 18.2 Å². The van der Waals surface area contributed by atoms with E-state index >= 15 is 0 Å². The molecule has 1 aromatic carbocycles. The highest BCUT2D eigenvalue weighted by Gasteiger charge is 2.39. The van der Waals surface area contributed by atoms with E-state index in [1.165, 1.54) is 18.9 Å². The number of nitriles is 1. The van der Waals surface area contributed by atoms with E-state index in [2.05, 4.69) is 11.4 Å². The van der Waals surface area contributed by atoms with Crippen molar-refractivity contribution in [2.75, 3.05) is 0 Å². The first-order chi connectivity index (χ1) is 9.23. The minimum absolute atomic E-state index is 0.238. The lowest BCUT2D eigenvalue weighted by atomic mass is 9.69. The molecule has 0 spiro atoms. The number of nitrogens with one attached hydrogen (secondary N) is 1. The Bertz CT molecular complexity index is 494. The molecule has 1 aromatic rings. The second kappa shape index (κ2) is 4.94. The minimum Gasteiger partial charge on any atom is -0.311 e. The van der Waals surface area contributed by atoms with Crippen LogP contribution in [-0.2, 0) is 5.41 Å². The number of rotatable bonds is 3. The van der Waals surface area contributed by atoms with Gasteiger partial charge in [-0.2, -0.15) is 5.26 Å². The molecule has 2 aliphatic carbocycles. The van der Waals surface area contributed by atoms with Crippen molar-refractivity contribution in [2.45, 2.75) is 56.0 Å². The topological polar surface area (TPSA) is 35.8 Å². The maximum absolute atomic E-state index is 14.0. The SMILES string of the molecule is N#C[C@]1(c2ccccc2F)CC[C@H](NC2CC2)CC1. The smallest absolute Gasteiger partial charge is 0.128 e. The van der Waals surface area contributed by atoms with Gasteiger partial charge < -0.3 is 5.32 Å². The lowest BCUT2D eigenvalue weighted by Crippen LogP contribution is -2.40. The van der Waals surface area contributed by atoms with Crippen molar-refractivity contribution in [1.82, 2.24) is 5.32 Å². The van der Waals surface area contributed by atoms with Crippen LogP contribution in [0.1, 0.15) is 44.1 Å². The van der Waals surface area contributed by atoms with Gasteiger partial charge in [0.1, 0.15) is 5.82 Å². The second-order valence-corrected chi connectivity index (χ2v) is 5.89. The van der Waals surface area contributed by atoms with E-state index in [-0.39, 0.29) is 5.82 Å². The summed E-state index contributed by atoms with van der Waals surface area (Å²) < 4.78 is 14.0. The van der Waals surface area contributed by atoms with Gasteiger partial charge in [0.2, 0.25) is 0 Å². The van der Waals surface area contributed by atoms with E-state index in [0.717, 1.165) is 25.7 Å². The molecule has 0 atom stereocenters. The summed E-state index contributed by atoms with van der Waals surface area (Å²) in [6, 6.07) is 10.4. The minimum atomic E-state index is -0.618. The van der Waals surface area contributed by atoms with Crippen LogP contribution in [0.5, 0.6) is 0 Å². The third-order valence-electron chi connectivity index (χ3n) is 4.49. The summed E-state index contributed by atoms with van der Waals surface area (Å²) >= 11 is 0. The molecule has 1 N–H and O–H groups in total. The molecular formula is C16H19FN2. The Hall–Kier alpha value is -1.40. The van der Waals surface area contributed by atoms with Crippen molar-refractivity contribution in [1.29, 1.82) is 5.26 Å². The van der Waals surface area contributed by atoms with Crippen LogP contribution >= 0.6 is 0 Å². The Morgan fingerprint density at radius 3 is 2.32 bits per heavy atom. The zero-order chi connectivity index (χ0) is 13.3. The average Bonchev–Trinajstić information content (AvgIpc) is 3.25. The van der Waals surface area contributed by atoms with Crippen LogP contribution in [0, 0.1) is 17.1 Å². The van der Waals surface area contributed by atoms with Crippen LogP contribution in [0.15, 0.2) is 24.3 Å². The Morgan fingerprint density at radius 1 is 1.11 bits per heavy atom. The van der Waals surface area contributed by atoms with Gasteiger partial charge in [0, 0.05) is 17.6 Å². The molecule has 0 unspecified atom stereocenters. The van der Waals surface area contributed by atoms with Gasteiger partial charge in [0.25, 0.3) is 0 Å². The van der Waals surface area contributed by atoms with Gasteiger partial charge in [-0.25, -0.2) is 4.39 Å². The predicted octanol–water partition coefficient (Wildman–Crippen LogP) is 3.28. The molecule has 2 saturated carbocycles. The second-order valence-electron chi connectivity index (χ2n) is 5.89. The molecule has 0 saturated heterocycles. The summed E-state index contributed by atoms with van der Waals surface area (Å²) in [7, 11) is 0. The number of halogens is 1. The van der Waals surface area contributed by atoms with Gasteiger partial charge in [-0.3, -0.25) is 0 Å². The van der Waals surface area contributed by atoms with Crippen LogP contribution in [-0.4, -0.2) is 12.1 Å². The zero-order valence-corrected chi connectivity index (χ0v) is 11.0. The van der Waals surface area contributed by atoms with Crippen molar-refractivity contribution in [3.05, 3.63) is 35.6 Å². The van der Waals surface area contributed by atoms with Gasteiger partial charge in [-0.15, -0.1) is 0 Å². The first kappa shape index (κ1) is 12.6. The maximum Gasteiger partial charge on any atom is 0.128 e. The van der Waals surface area contributed by atoms with E-state index in [0.29, 0.717) is 17.6 Å². The summed E-state index contributed by atoms with van der Waals surface area (Å²) in [5.41, 5.74) is -0.0325. The molecule has 2 fully saturated rings. The molecule has 0 heterocycles. The molecular weight excluding hydrogens is 239 g/mol. The van der Waals surface area contributed by atoms with Gasteiger partial charge >= 0.3 is 0 Å². The molecule has 3 heteroatoms. The Kier molecular flexibility index (Phi) is 3.28. The van der Waals surface area contributed by atoms with Crippen molar-refractivity contribution in [3.8, 4) is 6.07 Å². The molecule has 0 amide bonds. The number of hydrogen-bond acceptors (Lipinski definition) is 2. The Labute approximate surface area is 113 Å². The highest BCUT2D eigenvalue weighted by atomic mass is 19.1. The fourth-order valence-corrected chi connectivity index (χ4v) is 3.15.